The van der Waals surface area contributed by atoms with E-state index in [0.717, 1.165) is 31.9 Å². The molecule has 0 spiro atoms. The first-order valence-corrected chi connectivity index (χ1v) is 8.61. The molecule has 1 unspecified atom stereocenters. The molecule has 1 amide bonds. The van der Waals surface area contributed by atoms with E-state index >= 15 is 0 Å². The first-order valence-electron chi connectivity index (χ1n) is 8.61. The number of methoxy groups -OCH3 is 1. The molecule has 0 aliphatic carbocycles. The molecule has 0 radical (unpaired) electrons. The Bertz CT molecular complexity index is 721. The highest BCUT2D eigenvalue weighted by Gasteiger charge is 2.26. The Kier molecular flexibility index (Phi) is 7.45. The van der Waals surface area contributed by atoms with Crippen molar-refractivity contribution in [3.8, 4) is 5.75 Å². The van der Waals surface area contributed by atoms with Gasteiger partial charge in [-0.05, 0) is 23.8 Å². The van der Waals surface area contributed by atoms with Gasteiger partial charge in [-0.1, -0.05) is 30.3 Å². The van der Waals surface area contributed by atoms with Crippen LogP contribution >= 0.6 is 12.4 Å². The fourth-order valence-corrected chi connectivity index (χ4v) is 3.32. The van der Waals surface area contributed by atoms with Crippen LogP contribution in [0.25, 0.3) is 0 Å². The summed E-state index contributed by atoms with van der Waals surface area (Å²) in [6.45, 7) is 3.69. The highest BCUT2D eigenvalue weighted by atomic mass is 35.5. The van der Waals surface area contributed by atoms with E-state index in [0.29, 0.717) is 5.56 Å². The van der Waals surface area contributed by atoms with E-state index in [4.69, 9.17) is 4.74 Å². The van der Waals surface area contributed by atoms with Crippen molar-refractivity contribution in [3.63, 3.8) is 0 Å². The Labute approximate surface area is 161 Å². The number of rotatable bonds is 5. The molecule has 1 saturated heterocycles. The maximum Gasteiger partial charge on any atom is 0.251 e. The molecule has 0 aromatic heterocycles. The molecule has 1 heterocycles. The van der Waals surface area contributed by atoms with Gasteiger partial charge in [0.15, 0.2) is 0 Å². The lowest BCUT2D eigenvalue weighted by Crippen LogP contribution is -2.45. The minimum Gasteiger partial charge on any atom is -0.496 e. The summed E-state index contributed by atoms with van der Waals surface area (Å²) < 4.78 is 5.55. The quantitative estimate of drug-likeness (QED) is 0.843. The number of nitrogens with one attached hydrogen (secondary N) is 2. The van der Waals surface area contributed by atoms with Crippen LogP contribution in [-0.2, 0) is 6.54 Å². The van der Waals surface area contributed by atoms with Gasteiger partial charge in [0.2, 0.25) is 0 Å². The first-order chi connectivity index (χ1) is 12.2. The summed E-state index contributed by atoms with van der Waals surface area (Å²) in [6, 6.07) is 16.3. The number of carbonyl (C=O) groups excluding carboxylic acids is 1. The van der Waals surface area contributed by atoms with Gasteiger partial charge in [0, 0.05) is 44.4 Å². The topological polar surface area (TPSA) is 53.6 Å². The Hall–Kier alpha value is -2.08. The highest BCUT2D eigenvalue weighted by molar-refractivity contribution is 5.93. The summed E-state index contributed by atoms with van der Waals surface area (Å²) in [5.41, 5.74) is 3.10. The van der Waals surface area contributed by atoms with Crippen LogP contribution in [0.3, 0.4) is 0 Å². The van der Waals surface area contributed by atoms with Gasteiger partial charge >= 0.3 is 0 Å². The maximum absolute atomic E-state index is 11.7. The van der Waals surface area contributed by atoms with Crippen molar-refractivity contribution in [2.45, 2.75) is 12.6 Å². The number of benzene rings is 2. The third kappa shape index (κ3) is 4.55. The van der Waals surface area contributed by atoms with Crippen molar-refractivity contribution in [1.29, 1.82) is 0 Å². The van der Waals surface area contributed by atoms with Crippen molar-refractivity contribution >= 4 is 18.3 Å². The minimum atomic E-state index is -0.0550. The third-order valence-electron chi connectivity index (χ3n) is 4.68. The van der Waals surface area contributed by atoms with Crippen LogP contribution in [-0.4, -0.2) is 44.6 Å². The molecule has 0 bridgehead atoms. The molecule has 26 heavy (non-hydrogen) atoms. The molecule has 1 atom stereocenters. The van der Waals surface area contributed by atoms with E-state index in [9.17, 15) is 4.79 Å². The lowest BCUT2D eigenvalue weighted by Gasteiger charge is -2.37. The molecule has 0 saturated carbocycles. The molecule has 140 valence electrons. The average Bonchev–Trinajstić information content (AvgIpc) is 2.68. The van der Waals surface area contributed by atoms with E-state index in [1.807, 2.05) is 36.4 Å². The van der Waals surface area contributed by atoms with Gasteiger partial charge in [-0.15, -0.1) is 12.4 Å². The molecule has 3 rings (SSSR count). The van der Waals surface area contributed by atoms with Crippen molar-refractivity contribution in [1.82, 2.24) is 15.5 Å². The summed E-state index contributed by atoms with van der Waals surface area (Å²) in [5, 5.41) is 6.13. The first kappa shape index (κ1) is 20.2. The number of para-hydroxylation sites is 1. The van der Waals surface area contributed by atoms with Crippen molar-refractivity contribution in [2.75, 3.05) is 33.8 Å². The van der Waals surface area contributed by atoms with Crippen molar-refractivity contribution < 1.29 is 9.53 Å². The standard InChI is InChI=1S/C20H25N3O2.ClH/c1-21-20(24)16-9-7-15(8-10-16)14-23-12-11-22-13-18(23)17-5-3-4-6-19(17)25-2;/h3-10,18,22H,11-14H2,1-2H3,(H,21,24);1H. The Morgan fingerprint density at radius 1 is 1.23 bits per heavy atom. The zero-order chi connectivity index (χ0) is 17.6. The molecular formula is C20H26ClN3O2. The van der Waals surface area contributed by atoms with Crippen LogP contribution in [0.1, 0.15) is 27.5 Å². The van der Waals surface area contributed by atoms with Gasteiger partial charge in [-0.25, -0.2) is 0 Å². The van der Waals surface area contributed by atoms with Crippen LogP contribution in [0, 0.1) is 0 Å². The Balaban J connectivity index is 0.00000243. The number of hydrogen-bond donors (Lipinski definition) is 2. The van der Waals surface area contributed by atoms with Gasteiger partial charge in [0.05, 0.1) is 13.2 Å². The fraction of sp³-hybridized carbons (Fsp3) is 0.350. The summed E-state index contributed by atoms with van der Waals surface area (Å²) in [7, 11) is 3.37. The average molecular weight is 376 g/mol. The predicted octanol–water partition coefficient (Wildman–Crippen LogP) is 2.62. The number of ether oxygens (including phenoxy) is 1. The molecule has 1 aliphatic heterocycles. The minimum absolute atomic E-state index is 0. The van der Waals surface area contributed by atoms with Crippen LogP contribution in [0.5, 0.6) is 5.75 Å². The normalized spacial score (nSPS) is 17.2. The smallest absolute Gasteiger partial charge is 0.251 e. The number of halogens is 1. The Morgan fingerprint density at radius 3 is 2.65 bits per heavy atom. The summed E-state index contributed by atoms with van der Waals surface area (Å²) in [6.07, 6.45) is 0. The molecule has 1 aliphatic rings. The van der Waals surface area contributed by atoms with Gasteiger partial charge in [-0.3, -0.25) is 9.69 Å². The van der Waals surface area contributed by atoms with E-state index < -0.39 is 0 Å². The molecule has 2 N–H and O–H groups in total. The van der Waals surface area contributed by atoms with Crippen LogP contribution in [0.2, 0.25) is 0 Å². The molecule has 6 heteroatoms. The Morgan fingerprint density at radius 2 is 1.96 bits per heavy atom. The van der Waals surface area contributed by atoms with E-state index in [-0.39, 0.29) is 24.4 Å². The van der Waals surface area contributed by atoms with E-state index in [1.165, 1.54) is 11.1 Å². The number of amides is 1. The monoisotopic (exact) mass is 375 g/mol. The maximum atomic E-state index is 11.7. The van der Waals surface area contributed by atoms with E-state index in [1.54, 1.807) is 14.2 Å². The van der Waals surface area contributed by atoms with Gasteiger partial charge in [-0.2, -0.15) is 0 Å². The molecule has 2 aromatic rings. The summed E-state index contributed by atoms with van der Waals surface area (Å²) >= 11 is 0. The number of piperazine rings is 1. The van der Waals surface area contributed by atoms with Crippen LogP contribution in [0.4, 0.5) is 0 Å². The van der Waals surface area contributed by atoms with Crippen LogP contribution < -0.4 is 15.4 Å². The lowest BCUT2D eigenvalue weighted by atomic mass is 10.0. The number of carbonyl (C=O) groups is 1. The SMILES string of the molecule is CNC(=O)c1ccc(CN2CCNCC2c2ccccc2OC)cc1.Cl. The fourth-order valence-electron chi connectivity index (χ4n) is 3.32. The second-order valence-electron chi connectivity index (χ2n) is 6.21. The van der Waals surface area contributed by atoms with Gasteiger partial charge < -0.3 is 15.4 Å². The van der Waals surface area contributed by atoms with Crippen molar-refractivity contribution in [2.24, 2.45) is 0 Å². The molecule has 5 nitrogen and oxygen atoms in total. The molecular weight excluding hydrogens is 350 g/mol. The van der Waals surface area contributed by atoms with E-state index in [2.05, 4.69) is 27.7 Å². The third-order valence-corrected chi connectivity index (χ3v) is 4.68. The molecule has 1 fully saturated rings. The summed E-state index contributed by atoms with van der Waals surface area (Å²) in [4.78, 5) is 14.1. The number of hydrogen-bond acceptors (Lipinski definition) is 4. The zero-order valence-corrected chi connectivity index (χ0v) is 16.0. The van der Waals surface area contributed by atoms with Gasteiger partial charge in [0.1, 0.15) is 5.75 Å². The number of nitrogens with zero attached hydrogens (tertiary/aromatic N) is 1. The largest absolute Gasteiger partial charge is 0.496 e. The lowest BCUT2D eigenvalue weighted by molar-refractivity contribution is 0.0963. The summed E-state index contributed by atoms with van der Waals surface area (Å²) in [5.74, 6) is 0.872. The predicted molar refractivity (Wildman–Crippen MR) is 106 cm³/mol. The van der Waals surface area contributed by atoms with Gasteiger partial charge in [0.25, 0.3) is 5.91 Å². The highest BCUT2D eigenvalue weighted by Crippen LogP contribution is 2.31. The van der Waals surface area contributed by atoms with Crippen molar-refractivity contribution in [3.05, 3.63) is 65.2 Å². The second-order valence-corrected chi connectivity index (χ2v) is 6.21. The zero-order valence-electron chi connectivity index (χ0n) is 15.2. The second kappa shape index (κ2) is 9.57. The van der Waals surface area contributed by atoms with Crippen LogP contribution in [0.15, 0.2) is 48.5 Å². The molecule has 2 aromatic carbocycles.